The van der Waals surface area contributed by atoms with Crippen LogP contribution in [0.15, 0.2) is 18.2 Å². The Morgan fingerprint density at radius 3 is 2.24 bits per heavy atom. The third-order valence-electron chi connectivity index (χ3n) is 3.30. The number of carbonyl (C=O) groups is 1. The van der Waals surface area contributed by atoms with E-state index < -0.39 is 5.97 Å². The number of phenols is 1. The topological polar surface area (TPSA) is 57.5 Å². The molecule has 3 nitrogen and oxygen atoms in total. The molecule has 0 spiro atoms. The van der Waals surface area contributed by atoms with E-state index in [-0.39, 0.29) is 0 Å². The second-order valence-corrected chi connectivity index (χ2v) is 5.77. The molecule has 0 unspecified atom stereocenters. The van der Waals surface area contributed by atoms with Gasteiger partial charge in [-0.2, -0.15) is 0 Å². The number of aromatic hydroxyl groups is 1. The standard InChI is InChI=1S/C10H14O.C8H16O2/c1-7(2)9-5-4-8(3)6-10(9)11;1-2-3-4-5-6-7-8(9)10/h4-7,11H,1-3H3;2-7H2,1H3,(H,9,10). The minimum atomic E-state index is -0.670. The number of hydrogen-bond acceptors (Lipinski definition) is 2. The number of benzene rings is 1. The molecule has 1 aromatic rings. The molecule has 0 radical (unpaired) electrons. The van der Waals surface area contributed by atoms with E-state index in [0.717, 1.165) is 24.0 Å². The summed E-state index contributed by atoms with van der Waals surface area (Å²) in [5, 5.41) is 17.7. The number of aryl methyl sites for hydroxylation is 1. The van der Waals surface area contributed by atoms with Crippen LogP contribution in [0.5, 0.6) is 5.75 Å². The maximum atomic E-state index is 10.0. The van der Waals surface area contributed by atoms with Crippen LogP contribution >= 0.6 is 0 Å². The minimum absolute atomic E-state index is 0.337. The molecule has 0 bridgehead atoms. The average molecular weight is 294 g/mol. The fraction of sp³-hybridized carbons (Fsp3) is 0.611. The molecule has 0 aliphatic carbocycles. The highest BCUT2D eigenvalue weighted by atomic mass is 16.4. The van der Waals surface area contributed by atoms with Crippen molar-refractivity contribution < 1.29 is 15.0 Å². The molecule has 3 heteroatoms. The molecule has 0 fully saturated rings. The maximum Gasteiger partial charge on any atom is 0.303 e. The van der Waals surface area contributed by atoms with Crippen molar-refractivity contribution in [3.05, 3.63) is 29.3 Å². The van der Waals surface area contributed by atoms with E-state index in [2.05, 4.69) is 20.8 Å². The Morgan fingerprint density at radius 2 is 1.76 bits per heavy atom. The molecule has 0 aliphatic rings. The Morgan fingerprint density at radius 1 is 1.14 bits per heavy atom. The number of rotatable bonds is 7. The Hall–Kier alpha value is -1.51. The Balaban J connectivity index is 0.000000384. The van der Waals surface area contributed by atoms with Gasteiger partial charge in [-0.05, 0) is 36.5 Å². The quantitative estimate of drug-likeness (QED) is 0.675. The highest BCUT2D eigenvalue weighted by molar-refractivity contribution is 5.66. The van der Waals surface area contributed by atoms with Gasteiger partial charge in [0.15, 0.2) is 0 Å². The summed E-state index contributed by atoms with van der Waals surface area (Å²) in [5.74, 6) is 0.145. The summed E-state index contributed by atoms with van der Waals surface area (Å²) in [6, 6.07) is 5.81. The van der Waals surface area contributed by atoms with Crippen LogP contribution in [0, 0.1) is 6.92 Å². The van der Waals surface area contributed by atoms with Gasteiger partial charge in [-0.1, -0.05) is 58.6 Å². The van der Waals surface area contributed by atoms with E-state index in [1.54, 1.807) is 6.07 Å². The van der Waals surface area contributed by atoms with Crippen LogP contribution in [0.2, 0.25) is 0 Å². The smallest absolute Gasteiger partial charge is 0.303 e. The van der Waals surface area contributed by atoms with Gasteiger partial charge in [-0.15, -0.1) is 0 Å². The summed E-state index contributed by atoms with van der Waals surface area (Å²) < 4.78 is 0. The fourth-order valence-corrected chi connectivity index (χ4v) is 2.02. The molecule has 0 heterocycles. The zero-order valence-corrected chi connectivity index (χ0v) is 13.9. The molecule has 0 amide bonds. The van der Waals surface area contributed by atoms with Crippen LogP contribution in [0.4, 0.5) is 0 Å². The first-order valence-corrected chi connectivity index (χ1v) is 7.89. The molecule has 1 aromatic carbocycles. The Labute approximate surface area is 129 Å². The van der Waals surface area contributed by atoms with E-state index in [9.17, 15) is 9.90 Å². The van der Waals surface area contributed by atoms with Crippen molar-refractivity contribution in [2.45, 2.75) is 72.1 Å². The Bertz CT molecular complexity index is 411. The SMILES string of the molecule is CCCCCCCC(=O)O.Cc1ccc(C(C)C)c(O)c1. The number of unbranched alkanes of at least 4 members (excludes halogenated alkanes) is 4. The summed E-state index contributed by atoms with van der Waals surface area (Å²) in [6.07, 6.45) is 5.88. The number of hydrogen-bond donors (Lipinski definition) is 2. The van der Waals surface area contributed by atoms with Crippen molar-refractivity contribution in [1.29, 1.82) is 0 Å². The van der Waals surface area contributed by atoms with Crippen molar-refractivity contribution in [3.63, 3.8) is 0 Å². The van der Waals surface area contributed by atoms with Gasteiger partial charge in [-0.25, -0.2) is 0 Å². The predicted octanol–water partition coefficient (Wildman–Crippen LogP) is 5.26. The molecule has 0 aliphatic heterocycles. The largest absolute Gasteiger partial charge is 0.508 e. The summed E-state index contributed by atoms with van der Waals surface area (Å²) in [4.78, 5) is 10.0. The minimum Gasteiger partial charge on any atom is -0.508 e. The van der Waals surface area contributed by atoms with E-state index in [0.29, 0.717) is 18.1 Å². The first-order chi connectivity index (χ1) is 9.88. The zero-order valence-electron chi connectivity index (χ0n) is 13.9. The lowest BCUT2D eigenvalue weighted by Gasteiger charge is -2.07. The first kappa shape index (κ1) is 19.5. The molecular weight excluding hydrogens is 264 g/mol. The zero-order chi connectivity index (χ0) is 16.3. The summed E-state index contributed by atoms with van der Waals surface area (Å²) in [7, 11) is 0. The lowest BCUT2D eigenvalue weighted by atomic mass is 10.0. The van der Waals surface area contributed by atoms with Crippen LogP contribution in [-0.4, -0.2) is 16.2 Å². The van der Waals surface area contributed by atoms with Gasteiger partial charge in [0.25, 0.3) is 0 Å². The third kappa shape index (κ3) is 9.94. The van der Waals surface area contributed by atoms with E-state index in [1.807, 2.05) is 19.1 Å². The normalized spacial score (nSPS) is 10.1. The first-order valence-electron chi connectivity index (χ1n) is 7.89. The van der Waals surface area contributed by atoms with Crippen molar-refractivity contribution in [2.24, 2.45) is 0 Å². The van der Waals surface area contributed by atoms with Crippen LogP contribution in [0.3, 0.4) is 0 Å². The van der Waals surface area contributed by atoms with Crippen LogP contribution < -0.4 is 0 Å². The molecule has 2 N–H and O–H groups in total. The molecule has 0 saturated heterocycles. The van der Waals surface area contributed by atoms with Crippen molar-refractivity contribution >= 4 is 5.97 Å². The predicted molar refractivity (Wildman–Crippen MR) is 87.9 cm³/mol. The second kappa shape index (κ2) is 11.2. The van der Waals surface area contributed by atoms with Crippen molar-refractivity contribution in [1.82, 2.24) is 0 Å². The highest BCUT2D eigenvalue weighted by Crippen LogP contribution is 2.25. The van der Waals surface area contributed by atoms with Gasteiger partial charge in [0.05, 0.1) is 0 Å². The molecule has 0 aromatic heterocycles. The summed E-state index contributed by atoms with van der Waals surface area (Å²) in [5.41, 5.74) is 2.13. The third-order valence-corrected chi connectivity index (χ3v) is 3.30. The van der Waals surface area contributed by atoms with Crippen molar-refractivity contribution in [3.8, 4) is 5.75 Å². The van der Waals surface area contributed by atoms with Crippen molar-refractivity contribution in [2.75, 3.05) is 0 Å². The molecule has 120 valence electrons. The lowest BCUT2D eigenvalue weighted by Crippen LogP contribution is -1.93. The van der Waals surface area contributed by atoms with Gasteiger partial charge in [-0.3, -0.25) is 4.79 Å². The molecular formula is C18H30O3. The maximum absolute atomic E-state index is 10.0. The van der Waals surface area contributed by atoms with E-state index in [4.69, 9.17) is 5.11 Å². The van der Waals surface area contributed by atoms with Gasteiger partial charge in [0, 0.05) is 6.42 Å². The second-order valence-electron chi connectivity index (χ2n) is 5.77. The van der Waals surface area contributed by atoms with E-state index >= 15 is 0 Å². The summed E-state index contributed by atoms with van der Waals surface area (Å²) >= 11 is 0. The van der Waals surface area contributed by atoms with Gasteiger partial charge in [0.1, 0.15) is 5.75 Å². The van der Waals surface area contributed by atoms with Gasteiger partial charge in [0.2, 0.25) is 0 Å². The van der Waals surface area contributed by atoms with Gasteiger partial charge < -0.3 is 10.2 Å². The monoisotopic (exact) mass is 294 g/mol. The van der Waals surface area contributed by atoms with Crippen LogP contribution in [-0.2, 0) is 4.79 Å². The number of carboxylic acids is 1. The number of carboxylic acid groups (broad SMARTS) is 1. The lowest BCUT2D eigenvalue weighted by molar-refractivity contribution is -0.137. The molecule has 21 heavy (non-hydrogen) atoms. The summed E-state index contributed by atoms with van der Waals surface area (Å²) in [6.45, 7) is 8.27. The Kier molecular flexibility index (Phi) is 10.4. The number of phenolic OH excluding ortho intramolecular Hbond substituents is 1. The average Bonchev–Trinajstić information content (AvgIpc) is 2.38. The molecule has 1 rings (SSSR count). The molecule has 0 saturated carbocycles. The highest BCUT2D eigenvalue weighted by Gasteiger charge is 2.03. The molecule has 0 atom stereocenters. The van der Waals surface area contributed by atoms with Crippen LogP contribution in [0.25, 0.3) is 0 Å². The van der Waals surface area contributed by atoms with Crippen LogP contribution in [0.1, 0.15) is 76.3 Å². The fourth-order valence-electron chi connectivity index (χ4n) is 2.02. The number of aliphatic carboxylic acids is 1. The van der Waals surface area contributed by atoms with Gasteiger partial charge >= 0.3 is 5.97 Å². The van der Waals surface area contributed by atoms with E-state index in [1.165, 1.54) is 19.3 Å².